The lowest BCUT2D eigenvalue weighted by molar-refractivity contribution is -0.118. The predicted octanol–water partition coefficient (Wildman–Crippen LogP) is 3.35. The van der Waals surface area contributed by atoms with Gasteiger partial charge in [0.15, 0.2) is 0 Å². The van der Waals surface area contributed by atoms with Crippen LogP contribution in [0.4, 0.5) is 10.1 Å². The average molecular weight is 357 g/mol. The van der Waals surface area contributed by atoms with E-state index in [1.807, 2.05) is 26.8 Å². The third-order valence-electron chi connectivity index (χ3n) is 4.52. The van der Waals surface area contributed by atoms with Crippen LogP contribution in [0.15, 0.2) is 30.3 Å². The molecule has 1 atom stereocenters. The number of rotatable bonds is 3. The van der Waals surface area contributed by atoms with Crippen LogP contribution in [0.5, 0.6) is 5.88 Å². The SMILES string of the molecule is COc1ccc2c(n1)CCN[C@H]2C(=O)Nc1ccc(C(C)(C)C)c(F)c1. The smallest absolute Gasteiger partial charge is 0.246 e. The molecule has 1 aromatic heterocycles. The quantitative estimate of drug-likeness (QED) is 0.884. The third-order valence-corrected chi connectivity index (χ3v) is 4.52. The Kier molecular flexibility index (Phi) is 4.96. The van der Waals surface area contributed by atoms with Crippen LogP contribution in [-0.2, 0) is 16.6 Å². The highest BCUT2D eigenvalue weighted by atomic mass is 19.1. The van der Waals surface area contributed by atoms with Gasteiger partial charge in [-0.05, 0) is 29.2 Å². The third kappa shape index (κ3) is 3.70. The van der Waals surface area contributed by atoms with Crippen molar-refractivity contribution in [1.82, 2.24) is 10.3 Å². The van der Waals surface area contributed by atoms with Gasteiger partial charge in [0, 0.05) is 30.3 Å². The van der Waals surface area contributed by atoms with Gasteiger partial charge in [0.05, 0.1) is 12.8 Å². The Balaban J connectivity index is 1.81. The number of methoxy groups -OCH3 is 1. The summed E-state index contributed by atoms with van der Waals surface area (Å²) in [5.74, 6) is -0.0239. The van der Waals surface area contributed by atoms with Gasteiger partial charge in [0.1, 0.15) is 11.9 Å². The second-order valence-corrected chi connectivity index (χ2v) is 7.46. The van der Waals surface area contributed by atoms with E-state index >= 15 is 0 Å². The van der Waals surface area contributed by atoms with Crippen molar-refractivity contribution in [2.75, 3.05) is 19.0 Å². The number of anilines is 1. The van der Waals surface area contributed by atoms with E-state index in [0.717, 1.165) is 17.7 Å². The summed E-state index contributed by atoms with van der Waals surface area (Å²) in [5.41, 5.74) is 2.43. The Morgan fingerprint density at radius 1 is 1.31 bits per heavy atom. The number of carbonyl (C=O) groups excluding carboxylic acids is 1. The first-order valence-electron chi connectivity index (χ1n) is 8.67. The highest BCUT2D eigenvalue weighted by Crippen LogP contribution is 2.28. The molecule has 138 valence electrons. The Morgan fingerprint density at radius 2 is 2.08 bits per heavy atom. The molecule has 5 nitrogen and oxygen atoms in total. The number of benzene rings is 1. The predicted molar refractivity (Wildman–Crippen MR) is 99.0 cm³/mol. The van der Waals surface area contributed by atoms with Gasteiger partial charge in [0.25, 0.3) is 0 Å². The summed E-state index contributed by atoms with van der Waals surface area (Å²) in [4.78, 5) is 17.1. The zero-order valence-electron chi connectivity index (χ0n) is 15.5. The number of aromatic nitrogens is 1. The monoisotopic (exact) mass is 357 g/mol. The second-order valence-electron chi connectivity index (χ2n) is 7.46. The molecular weight excluding hydrogens is 333 g/mol. The van der Waals surface area contributed by atoms with Gasteiger partial charge in [-0.2, -0.15) is 0 Å². The van der Waals surface area contributed by atoms with Crippen LogP contribution < -0.4 is 15.4 Å². The van der Waals surface area contributed by atoms with Gasteiger partial charge in [-0.15, -0.1) is 0 Å². The zero-order valence-corrected chi connectivity index (χ0v) is 15.5. The molecule has 2 heterocycles. The fraction of sp³-hybridized carbons (Fsp3) is 0.400. The van der Waals surface area contributed by atoms with Gasteiger partial charge in [0.2, 0.25) is 11.8 Å². The van der Waals surface area contributed by atoms with Crippen molar-refractivity contribution in [3.63, 3.8) is 0 Å². The van der Waals surface area contributed by atoms with Crippen molar-refractivity contribution in [2.45, 2.75) is 38.6 Å². The first-order chi connectivity index (χ1) is 12.3. The Morgan fingerprint density at radius 3 is 2.73 bits per heavy atom. The Labute approximate surface area is 153 Å². The minimum absolute atomic E-state index is 0.235. The van der Waals surface area contributed by atoms with Crippen LogP contribution in [0.25, 0.3) is 0 Å². The lowest BCUT2D eigenvalue weighted by Crippen LogP contribution is -2.38. The molecule has 1 aliphatic heterocycles. The number of amides is 1. The van der Waals surface area contributed by atoms with Crippen LogP contribution in [0, 0.1) is 5.82 Å². The topological polar surface area (TPSA) is 63.2 Å². The van der Waals surface area contributed by atoms with Crippen LogP contribution in [0.3, 0.4) is 0 Å². The number of nitrogens with one attached hydrogen (secondary N) is 2. The first kappa shape index (κ1) is 18.3. The van der Waals surface area contributed by atoms with Gasteiger partial charge >= 0.3 is 0 Å². The number of pyridine rings is 1. The molecule has 0 spiro atoms. The molecule has 0 fully saturated rings. The molecule has 0 saturated carbocycles. The van der Waals surface area contributed by atoms with E-state index in [0.29, 0.717) is 23.7 Å². The molecule has 6 heteroatoms. The fourth-order valence-corrected chi connectivity index (χ4v) is 3.16. The first-order valence-corrected chi connectivity index (χ1v) is 8.67. The van der Waals surface area contributed by atoms with E-state index in [2.05, 4.69) is 15.6 Å². The van der Waals surface area contributed by atoms with E-state index in [9.17, 15) is 9.18 Å². The number of hydrogen-bond donors (Lipinski definition) is 2. The maximum Gasteiger partial charge on any atom is 0.246 e. The minimum atomic E-state index is -0.525. The van der Waals surface area contributed by atoms with E-state index in [1.54, 1.807) is 25.3 Å². The molecule has 1 aliphatic rings. The van der Waals surface area contributed by atoms with Gasteiger partial charge in [-0.25, -0.2) is 9.37 Å². The summed E-state index contributed by atoms with van der Waals surface area (Å²) in [7, 11) is 1.57. The second kappa shape index (κ2) is 7.03. The van der Waals surface area contributed by atoms with E-state index in [4.69, 9.17) is 4.74 Å². The van der Waals surface area contributed by atoms with Crippen molar-refractivity contribution < 1.29 is 13.9 Å². The Bertz CT molecular complexity index is 830. The van der Waals surface area contributed by atoms with Crippen LogP contribution >= 0.6 is 0 Å². The molecule has 3 rings (SSSR count). The summed E-state index contributed by atoms with van der Waals surface area (Å²) in [6, 6.07) is 7.89. The Hall–Kier alpha value is -2.47. The van der Waals surface area contributed by atoms with E-state index in [1.165, 1.54) is 6.07 Å². The number of ether oxygens (including phenoxy) is 1. The maximum absolute atomic E-state index is 14.4. The van der Waals surface area contributed by atoms with Crippen LogP contribution in [-0.4, -0.2) is 24.5 Å². The van der Waals surface area contributed by atoms with E-state index < -0.39 is 6.04 Å². The van der Waals surface area contributed by atoms with Crippen molar-refractivity contribution in [2.24, 2.45) is 0 Å². The molecule has 26 heavy (non-hydrogen) atoms. The molecule has 1 aromatic carbocycles. The molecule has 2 N–H and O–H groups in total. The number of halogens is 1. The highest BCUT2D eigenvalue weighted by molar-refractivity contribution is 5.95. The van der Waals surface area contributed by atoms with Gasteiger partial charge in [-0.1, -0.05) is 26.8 Å². The van der Waals surface area contributed by atoms with Gasteiger partial charge < -0.3 is 15.4 Å². The average Bonchev–Trinajstić information content (AvgIpc) is 2.59. The van der Waals surface area contributed by atoms with Crippen LogP contribution in [0.1, 0.15) is 43.6 Å². The number of nitrogens with zero attached hydrogens (tertiary/aromatic N) is 1. The van der Waals surface area contributed by atoms with Crippen molar-refractivity contribution in [1.29, 1.82) is 0 Å². The largest absolute Gasteiger partial charge is 0.481 e. The maximum atomic E-state index is 14.4. The molecule has 2 aromatic rings. The van der Waals surface area contributed by atoms with Crippen molar-refractivity contribution in [3.05, 3.63) is 53.0 Å². The molecule has 1 amide bonds. The molecule has 0 unspecified atom stereocenters. The fourth-order valence-electron chi connectivity index (χ4n) is 3.16. The lowest BCUT2D eigenvalue weighted by Gasteiger charge is -2.26. The van der Waals surface area contributed by atoms with Crippen molar-refractivity contribution in [3.8, 4) is 5.88 Å². The number of fused-ring (bicyclic) bond motifs is 1. The minimum Gasteiger partial charge on any atom is -0.481 e. The number of hydrogen-bond acceptors (Lipinski definition) is 4. The van der Waals surface area contributed by atoms with Crippen molar-refractivity contribution >= 4 is 11.6 Å². The molecule has 0 aliphatic carbocycles. The number of carbonyl (C=O) groups is 1. The summed E-state index contributed by atoms with van der Waals surface area (Å²) >= 11 is 0. The normalized spacial score (nSPS) is 16.7. The summed E-state index contributed by atoms with van der Waals surface area (Å²) in [5, 5.41) is 6.00. The molecule has 0 saturated heterocycles. The summed E-state index contributed by atoms with van der Waals surface area (Å²) < 4.78 is 19.5. The molecular formula is C20H24FN3O2. The molecule has 0 radical (unpaired) electrons. The molecule has 0 bridgehead atoms. The summed E-state index contributed by atoms with van der Waals surface area (Å²) in [6.45, 7) is 6.50. The standard InChI is InChI=1S/C20H24FN3O2/c1-20(2,3)14-7-5-12(11-15(14)21)23-19(25)18-13-6-8-17(26-4)24-16(13)9-10-22-18/h5-8,11,18,22H,9-10H2,1-4H3,(H,23,25)/t18-/m1/s1. The summed E-state index contributed by atoms with van der Waals surface area (Å²) in [6.07, 6.45) is 0.727. The zero-order chi connectivity index (χ0) is 18.9. The van der Waals surface area contributed by atoms with E-state index in [-0.39, 0.29) is 17.1 Å². The van der Waals surface area contributed by atoms with Gasteiger partial charge in [-0.3, -0.25) is 4.79 Å². The van der Waals surface area contributed by atoms with Crippen LogP contribution in [0.2, 0.25) is 0 Å². The lowest BCUT2D eigenvalue weighted by atomic mass is 9.86. The highest BCUT2D eigenvalue weighted by Gasteiger charge is 2.28.